The molecule has 8 heteroatoms. The zero-order chi connectivity index (χ0) is 15.8. The number of carboxylic acids is 1. The molecule has 2 N–H and O–H groups in total. The maximum Gasteiger partial charge on any atom is 0.326 e. The predicted octanol–water partition coefficient (Wildman–Crippen LogP) is 2.05. The highest BCUT2D eigenvalue weighted by atomic mass is 79.9. The summed E-state index contributed by atoms with van der Waals surface area (Å²) in [5.74, 6) is 0.408. The molecule has 1 heterocycles. The van der Waals surface area contributed by atoms with E-state index < -0.39 is 12.0 Å². The number of halogens is 1. The van der Waals surface area contributed by atoms with Crippen molar-refractivity contribution < 1.29 is 14.7 Å². The summed E-state index contributed by atoms with van der Waals surface area (Å²) in [6.07, 6.45) is 1.70. The smallest absolute Gasteiger partial charge is 0.326 e. The van der Waals surface area contributed by atoms with Crippen LogP contribution in [0.3, 0.4) is 0 Å². The minimum absolute atomic E-state index is 0.400. The first-order valence-electron chi connectivity index (χ1n) is 6.79. The van der Waals surface area contributed by atoms with Gasteiger partial charge in [0.2, 0.25) is 6.41 Å². The average Bonchev–Trinajstić information content (AvgIpc) is 2.78. The third-order valence-electron chi connectivity index (χ3n) is 3.05. The van der Waals surface area contributed by atoms with Crippen molar-refractivity contribution in [2.24, 2.45) is 0 Å². The minimum Gasteiger partial charge on any atom is -0.480 e. The van der Waals surface area contributed by atoms with Crippen LogP contribution >= 0.6 is 27.7 Å². The van der Waals surface area contributed by atoms with E-state index >= 15 is 0 Å². The molecule has 6 nitrogen and oxygen atoms in total. The maximum absolute atomic E-state index is 10.9. The van der Waals surface area contributed by atoms with Crippen LogP contribution in [-0.4, -0.2) is 39.1 Å². The highest BCUT2D eigenvalue weighted by Crippen LogP contribution is 2.26. The number of thioether (sulfide) groups is 1. The molecule has 1 rings (SSSR count). The van der Waals surface area contributed by atoms with E-state index in [0.717, 1.165) is 34.6 Å². The fourth-order valence-electron chi connectivity index (χ4n) is 1.89. The Bertz CT molecular complexity index is 493. The van der Waals surface area contributed by atoms with Crippen LogP contribution in [0.25, 0.3) is 0 Å². The molecule has 1 amide bonds. The molecule has 1 aromatic heterocycles. The number of aryl methyl sites for hydroxylation is 2. The number of carbonyl (C=O) groups is 2. The minimum atomic E-state index is -1.00. The lowest BCUT2D eigenvalue weighted by atomic mass is 10.2. The molecular weight excluding hydrogens is 358 g/mol. The lowest BCUT2D eigenvalue weighted by Gasteiger charge is -2.11. The number of hydrogen-bond donors (Lipinski definition) is 2. The fraction of sp³-hybridized carbons (Fsp3) is 0.615. The van der Waals surface area contributed by atoms with E-state index in [4.69, 9.17) is 5.11 Å². The van der Waals surface area contributed by atoms with Gasteiger partial charge in [-0.3, -0.25) is 9.48 Å². The van der Waals surface area contributed by atoms with Crippen molar-refractivity contribution >= 4 is 40.1 Å². The zero-order valence-electron chi connectivity index (χ0n) is 12.1. The number of carboxylic acid groups (broad SMARTS) is 1. The Morgan fingerprint density at radius 2 is 2.29 bits per heavy atom. The summed E-state index contributed by atoms with van der Waals surface area (Å²) in [7, 11) is 0. The molecule has 1 unspecified atom stereocenters. The number of rotatable bonds is 10. The second kappa shape index (κ2) is 9.09. The third-order valence-corrected chi connectivity index (χ3v) is 4.97. The van der Waals surface area contributed by atoms with Crippen LogP contribution in [0.2, 0.25) is 0 Å². The van der Waals surface area contributed by atoms with E-state index in [1.807, 2.05) is 11.6 Å². The SMILES string of the molecule is CCc1nn(CC)c(CSCCC(NC=O)C(=O)O)c1Br. The van der Waals surface area contributed by atoms with Crippen molar-refractivity contribution in [3.63, 3.8) is 0 Å². The highest BCUT2D eigenvalue weighted by Gasteiger charge is 2.17. The number of aliphatic carboxylic acids is 1. The van der Waals surface area contributed by atoms with Crippen LogP contribution in [-0.2, 0) is 28.3 Å². The quantitative estimate of drug-likeness (QED) is 0.481. The van der Waals surface area contributed by atoms with Gasteiger partial charge in [-0.05, 0) is 41.4 Å². The Labute approximate surface area is 136 Å². The average molecular weight is 378 g/mol. The molecule has 1 atom stereocenters. The van der Waals surface area contributed by atoms with Crippen LogP contribution in [0.4, 0.5) is 0 Å². The molecule has 21 heavy (non-hydrogen) atoms. The number of carbonyl (C=O) groups excluding carboxylic acids is 1. The van der Waals surface area contributed by atoms with Gasteiger partial charge in [0.1, 0.15) is 6.04 Å². The van der Waals surface area contributed by atoms with Crippen molar-refractivity contribution in [2.45, 2.75) is 45.0 Å². The Balaban J connectivity index is 2.54. The normalized spacial score (nSPS) is 12.1. The molecule has 118 valence electrons. The van der Waals surface area contributed by atoms with Crippen molar-refractivity contribution in [3.8, 4) is 0 Å². The number of nitrogens with zero attached hydrogens (tertiary/aromatic N) is 2. The van der Waals surface area contributed by atoms with Crippen LogP contribution in [0.5, 0.6) is 0 Å². The van der Waals surface area contributed by atoms with E-state index in [9.17, 15) is 9.59 Å². The summed E-state index contributed by atoms with van der Waals surface area (Å²) in [6.45, 7) is 4.91. The molecule has 0 aromatic carbocycles. The van der Waals surface area contributed by atoms with Gasteiger partial charge < -0.3 is 10.4 Å². The molecule has 1 aromatic rings. The predicted molar refractivity (Wildman–Crippen MR) is 86.4 cm³/mol. The van der Waals surface area contributed by atoms with Gasteiger partial charge in [-0.2, -0.15) is 16.9 Å². The Hall–Kier alpha value is -1.02. The fourth-order valence-corrected chi connectivity index (χ4v) is 3.81. The van der Waals surface area contributed by atoms with Crippen LogP contribution in [0.1, 0.15) is 31.7 Å². The monoisotopic (exact) mass is 377 g/mol. The molecule has 0 saturated carbocycles. The molecule has 0 fully saturated rings. The largest absolute Gasteiger partial charge is 0.480 e. The van der Waals surface area contributed by atoms with Gasteiger partial charge in [-0.15, -0.1) is 0 Å². The molecule has 0 aliphatic rings. The van der Waals surface area contributed by atoms with E-state index in [0.29, 0.717) is 18.6 Å². The summed E-state index contributed by atoms with van der Waals surface area (Å²) < 4.78 is 3.01. The molecule has 0 bridgehead atoms. The lowest BCUT2D eigenvalue weighted by molar-refractivity contribution is -0.140. The molecule has 0 saturated heterocycles. The van der Waals surface area contributed by atoms with Crippen LogP contribution in [0.15, 0.2) is 4.47 Å². The summed E-state index contributed by atoms with van der Waals surface area (Å²) in [4.78, 5) is 21.2. The summed E-state index contributed by atoms with van der Waals surface area (Å²) in [5, 5.41) is 15.8. The number of amides is 1. The van der Waals surface area contributed by atoms with Gasteiger partial charge in [0.25, 0.3) is 0 Å². The Kier molecular flexibility index (Phi) is 7.81. The van der Waals surface area contributed by atoms with Crippen molar-refractivity contribution in [1.29, 1.82) is 0 Å². The first-order valence-corrected chi connectivity index (χ1v) is 8.74. The standard InChI is InChI=1S/C13H20BrN3O3S/c1-3-9-12(14)11(17(4-2)16-9)7-21-6-5-10(13(19)20)15-8-18/h8,10H,3-7H2,1-2H3,(H,15,18)(H,19,20). The number of aromatic nitrogens is 2. The maximum atomic E-state index is 10.9. The van der Waals surface area contributed by atoms with Crippen LogP contribution in [0, 0.1) is 0 Å². The van der Waals surface area contributed by atoms with Gasteiger partial charge in [-0.1, -0.05) is 6.92 Å². The summed E-state index contributed by atoms with van der Waals surface area (Å²) in [5.41, 5.74) is 2.16. The summed E-state index contributed by atoms with van der Waals surface area (Å²) >= 11 is 5.22. The molecule has 0 radical (unpaired) electrons. The number of hydrogen-bond acceptors (Lipinski definition) is 4. The third kappa shape index (κ3) is 5.03. The zero-order valence-corrected chi connectivity index (χ0v) is 14.5. The highest BCUT2D eigenvalue weighted by molar-refractivity contribution is 9.10. The van der Waals surface area contributed by atoms with E-state index in [1.54, 1.807) is 11.8 Å². The van der Waals surface area contributed by atoms with Crippen LogP contribution < -0.4 is 5.32 Å². The Morgan fingerprint density at radius 1 is 1.57 bits per heavy atom. The van der Waals surface area contributed by atoms with E-state index in [-0.39, 0.29) is 0 Å². The molecule has 0 spiro atoms. The number of nitrogens with one attached hydrogen (secondary N) is 1. The van der Waals surface area contributed by atoms with E-state index in [1.165, 1.54) is 0 Å². The lowest BCUT2D eigenvalue weighted by Crippen LogP contribution is -2.36. The van der Waals surface area contributed by atoms with Gasteiger partial charge >= 0.3 is 5.97 Å². The van der Waals surface area contributed by atoms with Crippen molar-refractivity contribution in [3.05, 3.63) is 15.9 Å². The second-order valence-corrected chi connectivity index (χ2v) is 6.29. The van der Waals surface area contributed by atoms with Crippen molar-refractivity contribution in [2.75, 3.05) is 5.75 Å². The van der Waals surface area contributed by atoms with E-state index in [2.05, 4.69) is 33.3 Å². The molecule has 0 aliphatic carbocycles. The van der Waals surface area contributed by atoms with Gasteiger partial charge in [0.15, 0.2) is 0 Å². The first-order chi connectivity index (χ1) is 10.0. The topological polar surface area (TPSA) is 84.2 Å². The molecular formula is C13H20BrN3O3S. The van der Waals surface area contributed by atoms with Gasteiger partial charge in [0, 0.05) is 12.3 Å². The van der Waals surface area contributed by atoms with Gasteiger partial charge in [-0.25, -0.2) is 4.79 Å². The second-order valence-electron chi connectivity index (χ2n) is 4.39. The Morgan fingerprint density at radius 3 is 2.81 bits per heavy atom. The first kappa shape index (κ1) is 18.0. The molecule has 0 aliphatic heterocycles. The van der Waals surface area contributed by atoms with Gasteiger partial charge in [0.05, 0.1) is 15.9 Å². The van der Waals surface area contributed by atoms with Crippen molar-refractivity contribution in [1.82, 2.24) is 15.1 Å². The summed E-state index contributed by atoms with van der Waals surface area (Å²) in [6, 6.07) is -0.819.